The first-order valence-corrected chi connectivity index (χ1v) is 7.45. The second-order valence-corrected chi connectivity index (χ2v) is 5.48. The molecule has 0 fully saturated rings. The van der Waals surface area contributed by atoms with Crippen molar-refractivity contribution < 1.29 is 5.11 Å². The van der Waals surface area contributed by atoms with Crippen molar-refractivity contribution in [3.63, 3.8) is 0 Å². The predicted molar refractivity (Wildman–Crippen MR) is 80.5 cm³/mol. The summed E-state index contributed by atoms with van der Waals surface area (Å²) in [6.45, 7) is 6.34. The quantitative estimate of drug-likeness (QED) is 0.738. The van der Waals surface area contributed by atoms with Crippen LogP contribution in [0.4, 0.5) is 5.69 Å². The molecule has 2 rings (SSSR count). The molecule has 0 spiro atoms. The van der Waals surface area contributed by atoms with Gasteiger partial charge in [0.2, 0.25) is 0 Å². The van der Waals surface area contributed by atoms with Gasteiger partial charge in [-0.2, -0.15) is 0 Å². The molecule has 1 heterocycles. The highest BCUT2D eigenvalue weighted by Gasteiger charge is 2.24. The number of para-hydroxylation sites is 1. The number of aryl methyl sites for hydroxylation is 1. The van der Waals surface area contributed by atoms with E-state index in [0.717, 1.165) is 25.9 Å². The van der Waals surface area contributed by atoms with Gasteiger partial charge in [-0.15, -0.1) is 0 Å². The van der Waals surface area contributed by atoms with Gasteiger partial charge in [0.25, 0.3) is 0 Å². The molecule has 0 bridgehead atoms. The Morgan fingerprint density at radius 2 is 2.11 bits per heavy atom. The third-order valence-corrected chi connectivity index (χ3v) is 4.47. The molecule has 0 aromatic heterocycles. The highest BCUT2D eigenvalue weighted by atomic mass is 16.3. The van der Waals surface area contributed by atoms with Crippen LogP contribution in [0.1, 0.15) is 44.2 Å². The monoisotopic (exact) mass is 262 g/mol. The number of hydrogen-bond donors (Lipinski definition) is 3. The standard InChI is InChI=1S/C16H26N2O/c1-3-16(4-2,12-19)18-11-14-8-5-7-13-9-6-10-17-15(13)14/h5,7-8,17-19H,3-4,6,9-12H2,1-2H3. The minimum absolute atomic E-state index is 0.141. The van der Waals surface area contributed by atoms with Gasteiger partial charge >= 0.3 is 0 Å². The second-order valence-electron chi connectivity index (χ2n) is 5.48. The van der Waals surface area contributed by atoms with Crippen molar-refractivity contribution in [3.8, 4) is 0 Å². The van der Waals surface area contributed by atoms with E-state index >= 15 is 0 Å². The lowest BCUT2D eigenvalue weighted by molar-refractivity contribution is 0.149. The molecule has 1 aromatic rings. The van der Waals surface area contributed by atoms with Crippen molar-refractivity contribution >= 4 is 5.69 Å². The highest BCUT2D eigenvalue weighted by molar-refractivity contribution is 5.59. The molecule has 3 heteroatoms. The second kappa shape index (κ2) is 6.40. The van der Waals surface area contributed by atoms with Crippen molar-refractivity contribution in [2.45, 2.75) is 51.6 Å². The van der Waals surface area contributed by atoms with Crippen LogP contribution in [0.2, 0.25) is 0 Å². The number of fused-ring (bicyclic) bond motifs is 1. The van der Waals surface area contributed by atoms with Gasteiger partial charge in [-0.25, -0.2) is 0 Å². The summed E-state index contributed by atoms with van der Waals surface area (Å²) in [4.78, 5) is 0. The number of rotatable bonds is 6. The molecule has 0 saturated carbocycles. The minimum Gasteiger partial charge on any atom is -0.394 e. The maximum Gasteiger partial charge on any atom is 0.0613 e. The van der Waals surface area contributed by atoms with Crippen LogP contribution in [0.15, 0.2) is 18.2 Å². The first-order valence-electron chi connectivity index (χ1n) is 7.45. The van der Waals surface area contributed by atoms with Crippen LogP contribution in [-0.2, 0) is 13.0 Å². The van der Waals surface area contributed by atoms with Gasteiger partial charge in [0, 0.05) is 24.3 Å². The number of aliphatic hydroxyl groups is 1. The van der Waals surface area contributed by atoms with Crippen molar-refractivity contribution in [2.75, 3.05) is 18.5 Å². The van der Waals surface area contributed by atoms with Crippen LogP contribution in [0.5, 0.6) is 0 Å². The predicted octanol–water partition coefficient (Wildman–Crippen LogP) is 2.69. The van der Waals surface area contributed by atoms with Crippen molar-refractivity contribution in [3.05, 3.63) is 29.3 Å². The van der Waals surface area contributed by atoms with Gasteiger partial charge in [0.05, 0.1) is 6.61 Å². The first-order chi connectivity index (χ1) is 9.24. The fourth-order valence-electron chi connectivity index (χ4n) is 2.79. The summed E-state index contributed by atoms with van der Waals surface area (Å²) >= 11 is 0. The molecule has 1 aromatic carbocycles. The van der Waals surface area contributed by atoms with E-state index in [-0.39, 0.29) is 12.1 Å². The van der Waals surface area contributed by atoms with E-state index < -0.39 is 0 Å². The first kappa shape index (κ1) is 14.4. The van der Waals surface area contributed by atoms with Gasteiger partial charge < -0.3 is 15.7 Å². The smallest absolute Gasteiger partial charge is 0.0613 e. The normalized spacial score (nSPS) is 14.9. The lowest BCUT2D eigenvalue weighted by atomic mass is 9.93. The lowest BCUT2D eigenvalue weighted by Crippen LogP contribution is -2.47. The minimum atomic E-state index is -0.141. The Bertz CT molecular complexity index is 405. The van der Waals surface area contributed by atoms with E-state index in [1.54, 1.807) is 0 Å². The van der Waals surface area contributed by atoms with Crippen LogP contribution in [-0.4, -0.2) is 23.8 Å². The van der Waals surface area contributed by atoms with E-state index in [9.17, 15) is 5.11 Å². The molecule has 0 amide bonds. The molecule has 0 saturated heterocycles. The SMILES string of the molecule is CCC(CC)(CO)NCc1cccc2c1NCCC2. The Morgan fingerprint density at radius 1 is 1.32 bits per heavy atom. The molecule has 19 heavy (non-hydrogen) atoms. The third-order valence-electron chi connectivity index (χ3n) is 4.47. The van der Waals surface area contributed by atoms with Crippen LogP contribution in [0.3, 0.4) is 0 Å². The van der Waals surface area contributed by atoms with Crippen LogP contribution >= 0.6 is 0 Å². The van der Waals surface area contributed by atoms with Crippen molar-refractivity contribution in [1.82, 2.24) is 5.32 Å². The lowest BCUT2D eigenvalue weighted by Gasteiger charge is -2.32. The maximum atomic E-state index is 9.61. The van der Waals surface area contributed by atoms with Crippen LogP contribution in [0.25, 0.3) is 0 Å². The van der Waals surface area contributed by atoms with Gasteiger partial charge in [-0.3, -0.25) is 0 Å². The summed E-state index contributed by atoms with van der Waals surface area (Å²) in [5.41, 5.74) is 3.91. The molecule has 106 valence electrons. The number of benzene rings is 1. The molecular weight excluding hydrogens is 236 g/mol. The fraction of sp³-hybridized carbons (Fsp3) is 0.625. The molecule has 0 atom stereocenters. The van der Waals surface area contributed by atoms with Crippen LogP contribution < -0.4 is 10.6 Å². The maximum absolute atomic E-state index is 9.61. The molecule has 3 N–H and O–H groups in total. The van der Waals surface area contributed by atoms with Gasteiger partial charge in [0.15, 0.2) is 0 Å². The zero-order chi connectivity index (χ0) is 13.7. The Kier molecular flexibility index (Phi) is 4.83. The average molecular weight is 262 g/mol. The van der Waals surface area contributed by atoms with E-state index in [2.05, 4.69) is 42.7 Å². The molecule has 0 radical (unpaired) electrons. The van der Waals surface area contributed by atoms with E-state index in [0.29, 0.717) is 0 Å². The summed E-state index contributed by atoms with van der Waals surface area (Å²) in [6, 6.07) is 6.53. The van der Waals surface area contributed by atoms with Gasteiger partial charge in [0.1, 0.15) is 0 Å². The molecule has 1 aliphatic heterocycles. The Balaban J connectivity index is 2.11. The molecular formula is C16H26N2O. The summed E-state index contributed by atoms with van der Waals surface area (Å²) in [5.74, 6) is 0. The van der Waals surface area contributed by atoms with Gasteiger partial charge in [-0.1, -0.05) is 32.0 Å². The van der Waals surface area contributed by atoms with Crippen molar-refractivity contribution in [2.24, 2.45) is 0 Å². The molecule has 1 aliphatic rings. The molecule has 3 nitrogen and oxygen atoms in total. The van der Waals surface area contributed by atoms with E-state index in [4.69, 9.17) is 0 Å². The van der Waals surface area contributed by atoms with E-state index in [1.807, 2.05) is 0 Å². The number of hydrogen-bond acceptors (Lipinski definition) is 3. The molecule has 0 aliphatic carbocycles. The Morgan fingerprint density at radius 3 is 2.79 bits per heavy atom. The van der Waals surface area contributed by atoms with Crippen LogP contribution in [0, 0.1) is 0 Å². The summed E-state index contributed by atoms with van der Waals surface area (Å²) in [7, 11) is 0. The zero-order valence-corrected chi connectivity index (χ0v) is 12.1. The largest absolute Gasteiger partial charge is 0.394 e. The summed E-state index contributed by atoms with van der Waals surface area (Å²) < 4.78 is 0. The zero-order valence-electron chi connectivity index (χ0n) is 12.1. The Labute approximate surface area is 116 Å². The highest BCUT2D eigenvalue weighted by Crippen LogP contribution is 2.26. The summed E-state index contributed by atoms with van der Waals surface area (Å²) in [6.07, 6.45) is 4.28. The third kappa shape index (κ3) is 3.10. The van der Waals surface area contributed by atoms with E-state index in [1.165, 1.54) is 29.7 Å². The topological polar surface area (TPSA) is 44.3 Å². The number of anilines is 1. The Hall–Kier alpha value is -1.06. The number of aliphatic hydroxyl groups excluding tert-OH is 1. The molecule has 0 unspecified atom stereocenters. The van der Waals surface area contributed by atoms with Crippen molar-refractivity contribution in [1.29, 1.82) is 0 Å². The fourth-order valence-corrected chi connectivity index (χ4v) is 2.79. The average Bonchev–Trinajstić information content (AvgIpc) is 2.49. The summed E-state index contributed by atoms with van der Waals surface area (Å²) in [5, 5.41) is 16.7. The van der Waals surface area contributed by atoms with Gasteiger partial charge in [-0.05, 0) is 36.8 Å². The number of nitrogens with one attached hydrogen (secondary N) is 2.